The number of nitrogen functional groups attached to an aromatic ring is 1. The van der Waals surface area contributed by atoms with E-state index in [4.69, 9.17) is 5.73 Å². The van der Waals surface area contributed by atoms with Crippen molar-refractivity contribution in [1.82, 2.24) is 15.1 Å². The lowest BCUT2D eigenvalue weighted by atomic mass is 9.97. The van der Waals surface area contributed by atoms with Crippen LogP contribution in [0.15, 0.2) is 12.1 Å². The minimum absolute atomic E-state index is 0.610. The average molecular weight is 272 g/mol. The molecule has 0 aliphatic carbocycles. The molecule has 1 saturated heterocycles. The molecule has 2 heterocycles. The molecule has 0 radical (unpaired) electrons. The van der Waals surface area contributed by atoms with E-state index in [0.29, 0.717) is 5.82 Å². The number of benzene rings is 1. The Morgan fingerprint density at radius 1 is 1.45 bits per heavy atom. The van der Waals surface area contributed by atoms with Crippen LogP contribution in [0, 0.1) is 12.8 Å². The van der Waals surface area contributed by atoms with Gasteiger partial charge in [-0.25, -0.2) is 0 Å². The Kier molecular flexibility index (Phi) is 3.66. The highest BCUT2D eigenvalue weighted by Crippen LogP contribution is 2.26. The molecule has 1 aliphatic rings. The van der Waals surface area contributed by atoms with Gasteiger partial charge in [0.05, 0.1) is 5.52 Å². The summed E-state index contributed by atoms with van der Waals surface area (Å²) < 4.78 is 0. The SMILES string of the molecule is CCN1CCC(CCc2cc(C)c3c(N)n[nH]c3c2)C1. The van der Waals surface area contributed by atoms with E-state index in [0.717, 1.165) is 23.2 Å². The van der Waals surface area contributed by atoms with Gasteiger partial charge in [-0.15, -0.1) is 0 Å². The van der Waals surface area contributed by atoms with Crippen LogP contribution in [0.4, 0.5) is 5.82 Å². The van der Waals surface area contributed by atoms with Crippen molar-refractivity contribution in [3.63, 3.8) is 0 Å². The standard InChI is InChI=1S/C16H24N4/c1-3-20-7-6-12(10-20)4-5-13-8-11(2)15-14(9-13)18-19-16(15)17/h8-9,12H,3-7,10H2,1-2H3,(H3,17,18,19). The zero-order chi connectivity index (χ0) is 14.1. The van der Waals surface area contributed by atoms with Crippen LogP contribution in [0.25, 0.3) is 10.9 Å². The second-order valence-corrected chi connectivity index (χ2v) is 6.03. The Balaban J connectivity index is 1.69. The fourth-order valence-corrected chi connectivity index (χ4v) is 3.42. The number of aryl methyl sites for hydroxylation is 2. The molecular weight excluding hydrogens is 248 g/mol. The van der Waals surface area contributed by atoms with E-state index < -0.39 is 0 Å². The molecule has 0 amide bonds. The summed E-state index contributed by atoms with van der Waals surface area (Å²) in [7, 11) is 0. The zero-order valence-corrected chi connectivity index (χ0v) is 12.4. The summed E-state index contributed by atoms with van der Waals surface area (Å²) in [6, 6.07) is 4.47. The van der Waals surface area contributed by atoms with Crippen molar-refractivity contribution in [1.29, 1.82) is 0 Å². The first kappa shape index (κ1) is 13.4. The van der Waals surface area contributed by atoms with Crippen LogP contribution in [0.1, 0.15) is 30.9 Å². The Morgan fingerprint density at radius 2 is 2.30 bits per heavy atom. The van der Waals surface area contributed by atoms with E-state index in [1.807, 2.05) is 0 Å². The number of aromatic amines is 1. The quantitative estimate of drug-likeness (QED) is 0.899. The minimum atomic E-state index is 0.610. The first-order valence-corrected chi connectivity index (χ1v) is 7.62. The number of rotatable bonds is 4. The van der Waals surface area contributed by atoms with Gasteiger partial charge in [-0.1, -0.05) is 13.0 Å². The minimum Gasteiger partial charge on any atom is -0.382 e. The summed E-state index contributed by atoms with van der Waals surface area (Å²) in [4.78, 5) is 2.55. The fourth-order valence-electron chi connectivity index (χ4n) is 3.42. The van der Waals surface area contributed by atoms with Crippen LogP contribution in [0.5, 0.6) is 0 Å². The van der Waals surface area contributed by atoms with Gasteiger partial charge in [0.15, 0.2) is 5.82 Å². The molecule has 1 unspecified atom stereocenters. The monoisotopic (exact) mass is 272 g/mol. The fraction of sp³-hybridized carbons (Fsp3) is 0.562. The van der Waals surface area contributed by atoms with Gasteiger partial charge in [0.1, 0.15) is 0 Å². The van der Waals surface area contributed by atoms with Gasteiger partial charge in [0.25, 0.3) is 0 Å². The molecule has 4 heteroatoms. The molecule has 20 heavy (non-hydrogen) atoms. The number of fused-ring (bicyclic) bond motifs is 1. The van der Waals surface area contributed by atoms with E-state index in [1.165, 1.54) is 43.6 Å². The van der Waals surface area contributed by atoms with Gasteiger partial charge in [-0.3, -0.25) is 5.10 Å². The summed E-state index contributed by atoms with van der Waals surface area (Å²) in [5.74, 6) is 1.47. The van der Waals surface area contributed by atoms with Crippen LogP contribution in [-0.4, -0.2) is 34.7 Å². The number of aromatic nitrogens is 2. The van der Waals surface area contributed by atoms with Gasteiger partial charge in [0.2, 0.25) is 0 Å². The first-order chi connectivity index (χ1) is 9.67. The Labute approximate surface area is 120 Å². The predicted octanol–water partition coefficient (Wildman–Crippen LogP) is 2.73. The largest absolute Gasteiger partial charge is 0.382 e. The van der Waals surface area contributed by atoms with Crippen LogP contribution in [0.2, 0.25) is 0 Å². The second-order valence-electron chi connectivity index (χ2n) is 6.03. The summed E-state index contributed by atoms with van der Waals surface area (Å²) in [6.45, 7) is 8.11. The number of likely N-dealkylation sites (tertiary alicyclic amines) is 1. The van der Waals surface area contributed by atoms with Crippen LogP contribution >= 0.6 is 0 Å². The van der Waals surface area contributed by atoms with Crippen molar-refractivity contribution in [3.05, 3.63) is 23.3 Å². The topological polar surface area (TPSA) is 57.9 Å². The third kappa shape index (κ3) is 2.52. The number of nitrogens with zero attached hydrogens (tertiary/aromatic N) is 2. The third-order valence-corrected chi connectivity index (χ3v) is 4.61. The van der Waals surface area contributed by atoms with Gasteiger partial charge < -0.3 is 10.6 Å². The summed E-state index contributed by atoms with van der Waals surface area (Å²) >= 11 is 0. The lowest BCUT2D eigenvalue weighted by Gasteiger charge is -2.13. The summed E-state index contributed by atoms with van der Waals surface area (Å²) in [5.41, 5.74) is 9.58. The summed E-state index contributed by atoms with van der Waals surface area (Å²) in [5, 5.41) is 8.21. The van der Waals surface area contributed by atoms with Crippen molar-refractivity contribution in [2.45, 2.75) is 33.1 Å². The molecule has 3 N–H and O–H groups in total. The van der Waals surface area contributed by atoms with Crippen molar-refractivity contribution in [2.24, 2.45) is 5.92 Å². The van der Waals surface area contributed by atoms with Gasteiger partial charge in [0, 0.05) is 11.9 Å². The Morgan fingerprint density at radius 3 is 3.05 bits per heavy atom. The molecule has 108 valence electrons. The highest BCUT2D eigenvalue weighted by molar-refractivity contribution is 5.92. The molecule has 2 aromatic rings. The maximum atomic E-state index is 5.88. The smallest absolute Gasteiger partial charge is 0.153 e. The molecule has 4 nitrogen and oxygen atoms in total. The van der Waals surface area contributed by atoms with Crippen LogP contribution in [0.3, 0.4) is 0 Å². The molecular formula is C16H24N4. The molecule has 1 atom stereocenters. The maximum Gasteiger partial charge on any atom is 0.153 e. The van der Waals surface area contributed by atoms with Gasteiger partial charge in [-0.2, -0.15) is 5.10 Å². The van der Waals surface area contributed by atoms with E-state index in [-0.39, 0.29) is 0 Å². The average Bonchev–Trinajstić information content (AvgIpc) is 3.03. The summed E-state index contributed by atoms with van der Waals surface area (Å²) in [6.07, 6.45) is 3.79. The predicted molar refractivity (Wildman–Crippen MR) is 83.8 cm³/mol. The van der Waals surface area contributed by atoms with Crippen molar-refractivity contribution in [3.8, 4) is 0 Å². The van der Waals surface area contributed by atoms with Crippen molar-refractivity contribution < 1.29 is 0 Å². The molecule has 1 fully saturated rings. The normalized spacial score (nSPS) is 20.0. The molecule has 3 rings (SSSR count). The van der Waals surface area contributed by atoms with E-state index >= 15 is 0 Å². The number of hydrogen-bond acceptors (Lipinski definition) is 3. The zero-order valence-electron chi connectivity index (χ0n) is 12.4. The van der Waals surface area contributed by atoms with Gasteiger partial charge in [-0.05, 0) is 62.4 Å². The lowest BCUT2D eigenvalue weighted by molar-refractivity contribution is 0.338. The third-order valence-electron chi connectivity index (χ3n) is 4.61. The Bertz CT molecular complexity index is 602. The maximum absolute atomic E-state index is 5.88. The van der Waals surface area contributed by atoms with Crippen molar-refractivity contribution in [2.75, 3.05) is 25.4 Å². The molecule has 1 aromatic heterocycles. The molecule has 0 spiro atoms. The number of anilines is 1. The van der Waals surface area contributed by atoms with Crippen LogP contribution in [-0.2, 0) is 6.42 Å². The molecule has 1 aromatic carbocycles. The second kappa shape index (κ2) is 5.44. The Hall–Kier alpha value is -1.55. The van der Waals surface area contributed by atoms with Crippen molar-refractivity contribution >= 4 is 16.7 Å². The van der Waals surface area contributed by atoms with Crippen LogP contribution < -0.4 is 5.73 Å². The van der Waals surface area contributed by atoms with E-state index in [9.17, 15) is 0 Å². The number of nitrogens with two attached hydrogens (primary N) is 1. The lowest BCUT2D eigenvalue weighted by Crippen LogP contribution is -2.19. The molecule has 1 aliphatic heterocycles. The number of nitrogens with one attached hydrogen (secondary N) is 1. The highest BCUT2D eigenvalue weighted by atomic mass is 15.2. The highest BCUT2D eigenvalue weighted by Gasteiger charge is 2.20. The van der Waals surface area contributed by atoms with E-state index in [1.54, 1.807) is 0 Å². The molecule has 0 bridgehead atoms. The van der Waals surface area contributed by atoms with E-state index in [2.05, 4.69) is 41.1 Å². The molecule has 0 saturated carbocycles. The number of hydrogen-bond donors (Lipinski definition) is 2. The first-order valence-electron chi connectivity index (χ1n) is 7.62. The number of H-pyrrole nitrogens is 1. The van der Waals surface area contributed by atoms with Gasteiger partial charge >= 0.3 is 0 Å².